The Bertz CT molecular complexity index is 347. The van der Waals surface area contributed by atoms with Gasteiger partial charge < -0.3 is 10.2 Å². The monoisotopic (exact) mass is 222 g/mol. The molecular weight excluding hydrogens is 204 g/mol. The molecule has 0 aliphatic carbocycles. The highest BCUT2D eigenvalue weighted by atomic mass is 16.4. The van der Waals surface area contributed by atoms with Crippen molar-refractivity contribution in [3.05, 3.63) is 35.4 Å². The van der Waals surface area contributed by atoms with Gasteiger partial charge in [-0.2, -0.15) is 0 Å². The molecular formula is C13H18O3. The Labute approximate surface area is 95.7 Å². The van der Waals surface area contributed by atoms with Crippen LogP contribution in [0, 0.1) is 0 Å². The first-order valence-corrected chi connectivity index (χ1v) is 5.67. The molecule has 1 aromatic carbocycles. The average Bonchev–Trinajstić information content (AvgIpc) is 2.29. The van der Waals surface area contributed by atoms with Crippen molar-refractivity contribution >= 4 is 5.97 Å². The maximum absolute atomic E-state index is 10.9. The van der Waals surface area contributed by atoms with Gasteiger partial charge in [0.15, 0.2) is 0 Å². The summed E-state index contributed by atoms with van der Waals surface area (Å²) in [7, 11) is 0. The zero-order valence-corrected chi connectivity index (χ0v) is 9.52. The number of aromatic carboxylic acids is 1. The van der Waals surface area contributed by atoms with Crippen molar-refractivity contribution in [1.29, 1.82) is 0 Å². The molecule has 0 spiro atoms. The molecule has 0 aliphatic rings. The van der Waals surface area contributed by atoms with Crippen LogP contribution in [0.2, 0.25) is 0 Å². The highest BCUT2D eigenvalue weighted by Crippen LogP contribution is 2.23. The fourth-order valence-electron chi connectivity index (χ4n) is 1.73. The molecule has 0 amide bonds. The van der Waals surface area contributed by atoms with Crippen molar-refractivity contribution in [2.75, 3.05) is 0 Å². The van der Waals surface area contributed by atoms with Gasteiger partial charge in [0, 0.05) is 0 Å². The molecule has 1 atom stereocenters. The normalized spacial score (nSPS) is 12.4. The van der Waals surface area contributed by atoms with E-state index in [-0.39, 0.29) is 5.56 Å². The van der Waals surface area contributed by atoms with Crippen LogP contribution < -0.4 is 0 Å². The number of carbonyl (C=O) groups is 1. The summed E-state index contributed by atoms with van der Waals surface area (Å²) in [5.74, 6) is -0.981. The smallest absolute Gasteiger partial charge is 0.336 e. The molecule has 3 heteroatoms. The molecule has 0 fully saturated rings. The highest BCUT2D eigenvalue weighted by Gasteiger charge is 2.15. The van der Waals surface area contributed by atoms with Gasteiger partial charge in [-0.05, 0) is 18.1 Å². The Kier molecular flexibility index (Phi) is 4.99. The van der Waals surface area contributed by atoms with E-state index in [2.05, 4.69) is 6.92 Å². The Hall–Kier alpha value is -1.35. The third-order valence-corrected chi connectivity index (χ3v) is 2.63. The van der Waals surface area contributed by atoms with Crippen LogP contribution in [0.15, 0.2) is 24.3 Å². The summed E-state index contributed by atoms with van der Waals surface area (Å²) in [6, 6.07) is 6.64. The van der Waals surface area contributed by atoms with Crippen LogP contribution >= 0.6 is 0 Å². The second-order valence-corrected chi connectivity index (χ2v) is 3.90. The van der Waals surface area contributed by atoms with E-state index in [0.29, 0.717) is 12.0 Å². The fraction of sp³-hybridized carbons (Fsp3) is 0.462. The van der Waals surface area contributed by atoms with E-state index in [9.17, 15) is 9.90 Å². The van der Waals surface area contributed by atoms with Gasteiger partial charge in [0.2, 0.25) is 0 Å². The zero-order valence-electron chi connectivity index (χ0n) is 9.52. The summed E-state index contributed by atoms with van der Waals surface area (Å²) in [5, 5.41) is 18.9. The van der Waals surface area contributed by atoms with Crippen LogP contribution in [-0.2, 0) is 0 Å². The molecule has 0 heterocycles. The van der Waals surface area contributed by atoms with E-state index in [0.717, 1.165) is 19.3 Å². The maximum atomic E-state index is 10.9. The first kappa shape index (κ1) is 12.7. The molecule has 0 saturated carbocycles. The molecule has 1 unspecified atom stereocenters. The molecule has 3 nitrogen and oxygen atoms in total. The number of rotatable bonds is 6. The molecule has 88 valence electrons. The summed E-state index contributed by atoms with van der Waals surface area (Å²) in [4.78, 5) is 10.9. The first-order chi connectivity index (χ1) is 7.66. The quantitative estimate of drug-likeness (QED) is 0.727. The summed E-state index contributed by atoms with van der Waals surface area (Å²) >= 11 is 0. The van der Waals surface area contributed by atoms with Gasteiger partial charge in [-0.25, -0.2) is 4.79 Å². The van der Waals surface area contributed by atoms with E-state index in [1.54, 1.807) is 18.2 Å². The second-order valence-electron chi connectivity index (χ2n) is 3.90. The van der Waals surface area contributed by atoms with Crippen LogP contribution in [0.3, 0.4) is 0 Å². The number of aliphatic hydroxyl groups excluding tert-OH is 1. The van der Waals surface area contributed by atoms with Crippen molar-refractivity contribution < 1.29 is 15.0 Å². The molecule has 0 bridgehead atoms. The van der Waals surface area contributed by atoms with Crippen molar-refractivity contribution in [2.24, 2.45) is 0 Å². The van der Waals surface area contributed by atoms with Gasteiger partial charge in [0.1, 0.15) is 0 Å². The van der Waals surface area contributed by atoms with E-state index < -0.39 is 12.1 Å². The first-order valence-electron chi connectivity index (χ1n) is 5.67. The predicted molar refractivity (Wildman–Crippen MR) is 62.5 cm³/mol. The number of unbranched alkanes of at least 4 members (excludes halogenated alkanes) is 2. The average molecular weight is 222 g/mol. The molecule has 16 heavy (non-hydrogen) atoms. The van der Waals surface area contributed by atoms with Crippen LogP contribution in [0.4, 0.5) is 0 Å². The number of aliphatic hydroxyl groups is 1. The van der Waals surface area contributed by atoms with E-state index in [1.807, 2.05) is 0 Å². The Morgan fingerprint density at radius 3 is 2.62 bits per heavy atom. The van der Waals surface area contributed by atoms with Crippen LogP contribution in [-0.4, -0.2) is 16.2 Å². The number of carboxylic acids is 1. The highest BCUT2D eigenvalue weighted by molar-refractivity contribution is 5.89. The van der Waals surface area contributed by atoms with Crippen molar-refractivity contribution in [2.45, 2.75) is 38.7 Å². The Morgan fingerprint density at radius 1 is 1.31 bits per heavy atom. The summed E-state index contributed by atoms with van der Waals surface area (Å²) in [6.07, 6.45) is 3.03. The molecule has 0 radical (unpaired) electrons. The minimum Gasteiger partial charge on any atom is -0.478 e. The van der Waals surface area contributed by atoms with Gasteiger partial charge in [-0.1, -0.05) is 44.4 Å². The minimum absolute atomic E-state index is 0.200. The van der Waals surface area contributed by atoms with Gasteiger partial charge >= 0.3 is 5.97 Å². The molecule has 0 aromatic heterocycles. The van der Waals surface area contributed by atoms with Crippen LogP contribution in [0.25, 0.3) is 0 Å². The number of hydrogen-bond acceptors (Lipinski definition) is 2. The minimum atomic E-state index is -0.981. The van der Waals surface area contributed by atoms with Crippen LogP contribution in [0.1, 0.15) is 54.6 Å². The SMILES string of the molecule is CCCCCC(O)c1ccccc1C(=O)O. The number of hydrogen-bond donors (Lipinski definition) is 2. The van der Waals surface area contributed by atoms with Crippen LogP contribution in [0.5, 0.6) is 0 Å². The molecule has 1 aromatic rings. The second kappa shape index (κ2) is 6.28. The Balaban J connectivity index is 2.74. The van der Waals surface area contributed by atoms with E-state index in [4.69, 9.17) is 5.11 Å². The summed E-state index contributed by atoms with van der Waals surface area (Å²) in [5.41, 5.74) is 0.720. The maximum Gasteiger partial charge on any atom is 0.336 e. The lowest BCUT2D eigenvalue weighted by molar-refractivity contribution is 0.0688. The third kappa shape index (κ3) is 3.35. The summed E-state index contributed by atoms with van der Waals surface area (Å²) < 4.78 is 0. The zero-order chi connectivity index (χ0) is 12.0. The number of carboxylic acid groups (broad SMARTS) is 1. The topological polar surface area (TPSA) is 57.5 Å². The van der Waals surface area contributed by atoms with Gasteiger partial charge in [0.05, 0.1) is 11.7 Å². The standard InChI is InChI=1S/C13H18O3/c1-2-3-4-9-12(14)10-7-5-6-8-11(10)13(15)16/h5-8,12,14H,2-4,9H2,1H3,(H,15,16). The lowest BCUT2D eigenvalue weighted by Crippen LogP contribution is -2.07. The lowest BCUT2D eigenvalue weighted by Gasteiger charge is -2.13. The van der Waals surface area contributed by atoms with Gasteiger partial charge in [0.25, 0.3) is 0 Å². The van der Waals surface area contributed by atoms with Gasteiger partial charge in [-0.3, -0.25) is 0 Å². The van der Waals surface area contributed by atoms with E-state index >= 15 is 0 Å². The lowest BCUT2D eigenvalue weighted by atomic mass is 9.98. The molecule has 0 aliphatic heterocycles. The molecule has 1 rings (SSSR count). The molecule has 0 saturated heterocycles. The van der Waals surface area contributed by atoms with E-state index in [1.165, 1.54) is 6.07 Å². The largest absolute Gasteiger partial charge is 0.478 e. The number of benzene rings is 1. The van der Waals surface area contributed by atoms with Crippen molar-refractivity contribution in [3.63, 3.8) is 0 Å². The summed E-state index contributed by atoms with van der Waals surface area (Å²) in [6.45, 7) is 2.09. The van der Waals surface area contributed by atoms with Crippen molar-refractivity contribution in [3.8, 4) is 0 Å². The van der Waals surface area contributed by atoms with Gasteiger partial charge in [-0.15, -0.1) is 0 Å². The molecule has 2 N–H and O–H groups in total. The van der Waals surface area contributed by atoms with Crippen molar-refractivity contribution in [1.82, 2.24) is 0 Å². The Morgan fingerprint density at radius 2 is 2.00 bits per heavy atom. The predicted octanol–water partition coefficient (Wildman–Crippen LogP) is 3.00. The third-order valence-electron chi connectivity index (χ3n) is 2.63. The fourth-order valence-corrected chi connectivity index (χ4v) is 1.73.